The number of morpholine rings is 1. The van der Waals surface area contributed by atoms with Crippen LogP contribution in [-0.2, 0) is 14.8 Å². The highest BCUT2D eigenvalue weighted by Crippen LogP contribution is 2.29. The molecular formula is C22H27N5O4S. The van der Waals surface area contributed by atoms with Crippen molar-refractivity contribution in [3.63, 3.8) is 0 Å². The first-order valence-electron chi connectivity index (χ1n) is 10.4. The van der Waals surface area contributed by atoms with E-state index in [4.69, 9.17) is 14.5 Å². The number of sulfonamides is 1. The van der Waals surface area contributed by atoms with Crippen molar-refractivity contribution in [2.75, 3.05) is 44.9 Å². The van der Waals surface area contributed by atoms with Crippen LogP contribution in [0.15, 0.2) is 42.7 Å². The van der Waals surface area contributed by atoms with E-state index in [-0.39, 0.29) is 6.54 Å². The average molecular weight is 458 g/mol. The molecule has 0 spiro atoms. The van der Waals surface area contributed by atoms with Gasteiger partial charge in [0.25, 0.3) is 0 Å². The van der Waals surface area contributed by atoms with Crippen molar-refractivity contribution >= 4 is 26.7 Å². The van der Waals surface area contributed by atoms with E-state index in [1.165, 1.54) is 10.6 Å². The molecule has 0 saturated carbocycles. The predicted molar refractivity (Wildman–Crippen MR) is 123 cm³/mol. The highest BCUT2D eigenvalue weighted by atomic mass is 32.2. The van der Waals surface area contributed by atoms with Crippen LogP contribution < -0.4 is 9.64 Å². The van der Waals surface area contributed by atoms with Crippen molar-refractivity contribution in [1.82, 2.24) is 19.3 Å². The second-order valence-corrected chi connectivity index (χ2v) is 10.0. The van der Waals surface area contributed by atoms with E-state index in [0.717, 1.165) is 11.3 Å². The molecule has 1 aliphatic heterocycles. The van der Waals surface area contributed by atoms with Crippen LogP contribution in [0.4, 0.5) is 5.69 Å². The Labute approximate surface area is 188 Å². The third-order valence-corrected chi connectivity index (χ3v) is 6.72. The molecule has 1 saturated heterocycles. The Hall–Kier alpha value is -2.82. The lowest BCUT2D eigenvalue weighted by molar-refractivity contribution is -0.0566. The van der Waals surface area contributed by atoms with Gasteiger partial charge < -0.3 is 14.4 Å². The van der Waals surface area contributed by atoms with Gasteiger partial charge in [0.15, 0.2) is 5.52 Å². The lowest BCUT2D eigenvalue weighted by atomic mass is 10.1. The fourth-order valence-corrected chi connectivity index (χ4v) is 4.42. The number of nitrogens with zero attached hydrogens (tertiary/aromatic N) is 5. The summed E-state index contributed by atoms with van der Waals surface area (Å²) in [5, 5.41) is 0. The summed E-state index contributed by atoms with van der Waals surface area (Å²) in [6.45, 7) is 2.74. The third kappa shape index (κ3) is 4.82. The van der Waals surface area contributed by atoms with E-state index in [1.54, 1.807) is 12.4 Å². The van der Waals surface area contributed by atoms with E-state index >= 15 is 0 Å². The molecule has 1 aromatic carbocycles. The molecule has 2 aromatic heterocycles. The van der Waals surface area contributed by atoms with Crippen LogP contribution in [0.25, 0.3) is 22.3 Å². The normalized spacial score (nSPS) is 18.4. The number of anilines is 1. The summed E-state index contributed by atoms with van der Waals surface area (Å²) in [5.74, 6) is 0.342. The van der Waals surface area contributed by atoms with Crippen LogP contribution >= 0.6 is 0 Å². The van der Waals surface area contributed by atoms with Crippen LogP contribution in [0.3, 0.4) is 0 Å². The first-order valence-corrected chi connectivity index (χ1v) is 12.2. The van der Waals surface area contributed by atoms with Gasteiger partial charge >= 0.3 is 0 Å². The zero-order chi connectivity index (χ0) is 22.9. The largest absolute Gasteiger partial charge is 0.470 e. The summed E-state index contributed by atoms with van der Waals surface area (Å²) in [6.07, 6.45) is 3.56. The molecule has 0 bridgehead atoms. The second-order valence-electron chi connectivity index (χ2n) is 8.03. The standard InChI is InChI=1S/C22H27N5O4S/c1-15(20-14-27(11-12-30-20)32(4,28)29)31-22-21-19(23-9-10-24-21)13-18(25-22)16-5-7-17(8-6-16)26(2)3/h5-10,13,15,20H,11-12,14H2,1-4H3. The van der Waals surface area contributed by atoms with E-state index in [0.29, 0.717) is 35.8 Å². The quantitative estimate of drug-likeness (QED) is 0.556. The number of hydrogen-bond donors (Lipinski definition) is 0. The molecule has 3 heterocycles. The summed E-state index contributed by atoms with van der Waals surface area (Å²) in [5.41, 5.74) is 3.94. The van der Waals surface area contributed by atoms with Crippen molar-refractivity contribution in [3.8, 4) is 17.1 Å². The van der Waals surface area contributed by atoms with Crippen LogP contribution in [0.5, 0.6) is 5.88 Å². The van der Waals surface area contributed by atoms with E-state index in [2.05, 4.69) is 9.97 Å². The fraction of sp³-hybridized carbons (Fsp3) is 0.409. The Morgan fingerprint density at radius 3 is 2.59 bits per heavy atom. The number of benzene rings is 1. The van der Waals surface area contributed by atoms with Gasteiger partial charge in [-0.15, -0.1) is 0 Å². The summed E-state index contributed by atoms with van der Waals surface area (Å²) in [6, 6.07) is 9.93. The average Bonchev–Trinajstić information content (AvgIpc) is 2.78. The Bertz CT molecular complexity index is 1200. The molecule has 4 rings (SSSR count). The van der Waals surface area contributed by atoms with Gasteiger partial charge in [-0.05, 0) is 25.1 Å². The maximum absolute atomic E-state index is 12.0. The summed E-state index contributed by atoms with van der Waals surface area (Å²) >= 11 is 0. The molecule has 0 N–H and O–H groups in total. The molecule has 2 unspecified atom stereocenters. The highest BCUT2D eigenvalue weighted by molar-refractivity contribution is 7.88. The molecule has 0 radical (unpaired) electrons. The molecule has 1 aliphatic rings. The van der Waals surface area contributed by atoms with Crippen LogP contribution in [0, 0.1) is 0 Å². The Kier molecular flexibility index (Phi) is 6.27. The SMILES string of the molecule is CC(Oc1nc(-c2ccc(N(C)C)cc2)cc2nccnc12)C1CN(S(C)(=O)=O)CCO1. The fourth-order valence-electron chi connectivity index (χ4n) is 3.59. The van der Waals surface area contributed by atoms with Crippen LogP contribution in [-0.4, -0.2) is 79.9 Å². The minimum absolute atomic E-state index is 0.231. The molecule has 10 heteroatoms. The number of pyridine rings is 1. The molecule has 0 aliphatic carbocycles. The smallest absolute Gasteiger partial charge is 0.243 e. The molecular weight excluding hydrogens is 430 g/mol. The summed E-state index contributed by atoms with van der Waals surface area (Å²) in [7, 11) is 0.685. The molecule has 32 heavy (non-hydrogen) atoms. The highest BCUT2D eigenvalue weighted by Gasteiger charge is 2.31. The molecule has 1 fully saturated rings. The van der Waals surface area contributed by atoms with Crippen molar-refractivity contribution < 1.29 is 17.9 Å². The predicted octanol–water partition coefficient (Wildman–Crippen LogP) is 2.19. The van der Waals surface area contributed by atoms with Crippen molar-refractivity contribution in [2.45, 2.75) is 19.1 Å². The van der Waals surface area contributed by atoms with Gasteiger partial charge in [-0.1, -0.05) is 12.1 Å². The Morgan fingerprint density at radius 1 is 1.19 bits per heavy atom. The minimum atomic E-state index is -3.30. The third-order valence-electron chi connectivity index (χ3n) is 5.45. The summed E-state index contributed by atoms with van der Waals surface area (Å²) < 4.78 is 37.3. The van der Waals surface area contributed by atoms with Gasteiger partial charge in [0.2, 0.25) is 15.9 Å². The maximum atomic E-state index is 12.0. The first kappa shape index (κ1) is 22.4. The maximum Gasteiger partial charge on any atom is 0.243 e. The zero-order valence-electron chi connectivity index (χ0n) is 18.6. The number of aromatic nitrogens is 3. The van der Waals surface area contributed by atoms with E-state index in [9.17, 15) is 8.42 Å². The van der Waals surface area contributed by atoms with Crippen molar-refractivity contribution in [1.29, 1.82) is 0 Å². The molecule has 170 valence electrons. The van der Waals surface area contributed by atoms with Gasteiger partial charge in [0.1, 0.15) is 12.2 Å². The summed E-state index contributed by atoms with van der Waals surface area (Å²) in [4.78, 5) is 15.6. The number of rotatable bonds is 6. The topological polar surface area (TPSA) is 97.8 Å². The van der Waals surface area contributed by atoms with E-state index in [1.807, 2.05) is 56.3 Å². The zero-order valence-corrected chi connectivity index (χ0v) is 19.4. The van der Waals surface area contributed by atoms with Crippen molar-refractivity contribution in [3.05, 3.63) is 42.7 Å². The Morgan fingerprint density at radius 2 is 1.91 bits per heavy atom. The minimum Gasteiger partial charge on any atom is -0.470 e. The first-order chi connectivity index (χ1) is 15.2. The number of hydrogen-bond acceptors (Lipinski definition) is 8. The molecule has 3 aromatic rings. The van der Waals surface area contributed by atoms with Gasteiger partial charge in [0, 0.05) is 50.8 Å². The second kappa shape index (κ2) is 8.97. The van der Waals surface area contributed by atoms with Crippen LogP contribution in [0.2, 0.25) is 0 Å². The molecule has 0 amide bonds. The monoisotopic (exact) mass is 457 g/mol. The molecule has 9 nitrogen and oxygen atoms in total. The molecule has 2 atom stereocenters. The van der Waals surface area contributed by atoms with Crippen LogP contribution in [0.1, 0.15) is 6.92 Å². The van der Waals surface area contributed by atoms with Gasteiger partial charge in [0.05, 0.1) is 24.1 Å². The Balaban J connectivity index is 1.64. The van der Waals surface area contributed by atoms with E-state index < -0.39 is 22.2 Å². The van der Waals surface area contributed by atoms with Gasteiger partial charge in [-0.2, -0.15) is 4.31 Å². The lowest BCUT2D eigenvalue weighted by Crippen LogP contribution is -2.50. The van der Waals surface area contributed by atoms with Gasteiger partial charge in [-0.3, -0.25) is 4.98 Å². The number of ether oxygens (including phenoxy) is 2. The number of fused-ring (bicyclic) bond motifs is 1. The van der Waals surface area contributed by atoms with Gasteiger partial charge in [-0.25, -0.2) is 18.4 Å². The van der Waals surface area contributed by atoms with Crippen molar-refractivity contribution in [2.24, 2.45) is 0 Å². The lowest BCUT2D eigenvalue weighted by Gasteiger charge is -2.34.